The fourth-order valence-corrected chi connectivity index (χ4v) is 5.13. The van der Waals surface area contributed by atoms with Crippen molar-refractivity contribution in [1.29, 1.82) is 0 Å². The molecule has 1 saturated carbocycles. The summed E-state index contributed by atoms with van der Waals surface area (Å²) < 4.78 is 0. The van der Waals surface area contributed by atoms with E-state index in [1.165, 1.54) is 31.2 Å². The molecule has 2 heterocycles. The Morgan fingerprint density at radius 2 is 1.86 bits per heavy atom. The first-order valence-corrected chi connectivity index (χ1v) is 10.9. The van der Waals surface area contributed by atoms with Crippen molar-refractivity contribution in [1.82, 2.24) is 15.1 Å². The number of hydrogen-bond donors (Lipinski definition) is 1. The van der Waals surface area contributed by atoms with Crippen molar-refractivity contribution in [3.8, 4) is 0 Å². The van der Waals surface area contributed by atoms with E-state index < -0.39 is 0 Å². The second-order valence-corrected chi connectivity index (χ2v) is 8.94. The van der Waals surface area contributed by atoms with Crippen molar-refractivity contribution in [2.45, 2.75) is 44.9 Å². The smallest absolute Gasteiger partial charge is 0.241 e. The lowest BCUT2D eigenvalue weighted by Gasteiger charge is -2.38. The van der Waals surface area contributed by atoms with Gasteiger partial charge in [0.05, 0.1) is 6.54 Å². The Kier molecular flexibility index (Phi) is 5.88. The molecule has 2 saturated heterocycles. The summed E-state index contributed by atoms with van der Waals surface area (Å²) in [5.74, 6) is 1.79. The molecule has 0 bridgehead atoms. The molecule has 1 amide bonds. The SMILES string of the molecule is CN=C(NCC(=O)N1CCC(Cc2ccccc2)CC1)N1CCC2(CCC2)C1. The standard InChI is InChI=1S/C23H34N4O/c1-24-22(27-15-12-23(18-27)10-5-11-23)25-17-21(28)26-13-8-20(9-14-26)16-19-6-3-2-4-7-19/h2-4,6-7,20H,5,8-18H2,1H3,(H,24,25). The lowest BCUT2D eigenvalue weighted by molar-refractivity contribution is -0.131. The third kappa shape index (κ3) is 4.34. The van der Waals surface area contributed by atoms with Crippen LogP contribution in [-0.2, 0) is 11.2 Å². The molecule has 152 valence electrons. The van der Waals surface area contributed by atoms with Gasteiger partial charge >= 0.3 is 0 Å². The van der Waals surface area contributed by atoms with E-state index >= 15 is 0 Å². The minimum atomic E-state index is 0.205. The monoisotopic (exact) mass is 382 g/mol. The van der Waals surface area contributed by atoms with Crippen LogP contribution >= 0.6 is 0 Å². The van der Waals surface area contributed by atoms with Crippen LogP contribution in [0.25, 0.3) is 0 Å². The zero-order valence-corrected chi connectivity index (χ0v) is 17.2. The number of carbonyl (C=O) groups is 1. The predicted molar refractivity (Wildman–Crippen MR) is 113 cm³/mol. The van der Waals surface area contributed by atoms with Crippen molar-refractivity contribution in [2.75, 3.05) is 39.8 Å². The van der Waals surface area contributed by atoms with E-state index in [0.717, 1.165) is 51.4 Å². The molecule has 0 atom stereocenters. The first-order valence-electron chi connectivity index (χ1n) is 10.9. The third-order valence-electron chi connectivity index (χ3n) is 7.10. The summed E-state index contributed by atoms with van der Waals surface area (Å²) in [4.78, 5) is 21.5. The molecule has 1 aliphatic carbocycles. The summed E-state index contributed by atoms with van der Waals surface area (Å²) in [6, 6.07) is 10.7. The minimum Gasteiger partial charge on any atom is -0.347 e. The number of nitrogens with one attached hydrogen (secondary N) is 1. The van der Waals surface area contributed by atoms with Gasteiger partial charge in [-0.25, -0.2) is 0 Å². The molecular weight excluding hydrogens is 348 g/mol. The highest BCUT2D eigenvalue weighted by molar-refractivity contribution is 5.86. The van der Waals surface area contributed by atoms with E-state index in [9.17, 15) is 4.79 Å². The van der Waals surface area contributed by atoms with Gasteiger partial charge in [0.25, 0.3) is 0 Å². The lowest BCUT2D eigenvalue weighted by Crippen LogP contribution is -2.48. The Balaban J connectivity index is 1.20. The fourth-order valence-electron chi connectivity index (χ4n) is 5.13. The molecule has 1 spiro atoms. The summed E-state index contributed by atoms with van der Waals surface area (Å²) in [5, 5.41) is 3.33. The molecule has 3 aliphatic rings. The number of benzene rings is 1. The highest BCUT2D eigenvalue weighted by atomic mass is 16.2. The van der Waals surface area contributed by atoms with E-state index in [1.54, 1.807) is 0 Å². The maximum Gasteiger partial charge on any atom is 0.241 e. The van der Waals surface area contributed by atoms with Crippen LogP contribution in [0.15, 0.2) is 35.3 Å². The lowest BCUT2D eigenvalue weighted by atomic mass is 9.68. The van der Waals surface area contributed by atoms with E-state index in [0.29, 0.717) is 17.9 Å². The molecule has 4 rings (SSSR count). The van der Waals surface area contributed by atoms with Gasteiger partial charge in [-0.3, -0.25) is 9.79 Å². The number of hydrogen-bond acceptors (Lipinski definition) is 2. The Bertz CT molecular complexity index is 690. The highest BCUT2D eigenvalue weighted by Crippen LogP contribution is 2.47. The first kappa shape index (κ1) is 19.3. The molecule has 1 aromatic rings. The quantitative estimate of drug-likeness (QED) is 0.643. The average molecular weight is 383 g/mol. The van der Waals surface area contributed by atoms with Gasteiger partial charge in [-0.05, 0) is 55.4 Å². The van der Waals surface area contributed by atoms with Gasteiger partial charge in [0.1, 0.15) is 0 Å². The van der Waals surface area contributed by atoms with Gasteiger partial charge in [-0.1, -0.05) is 36.8 Å². The largest absolute Gasteiger partial charge is 0.347 e. The van der Waals surface area contributed by atoms with Crippen molar-refractivity contribution in [3.05, 3.63) is 35.9 Å². The molecule has 3 fully saturated rings. The summed E-state index contributed by atoms with van der Waals surface area (Å²) in [7, 11) is 1.83. The van der Waals surface area contributed by atoms with Crippen LogP contribution in [0.5, 0.6) is 0 Å². The number of aliphatic imine (C=N–C) groups is 1. The molecular formula is C23H34N4O. The summed E-state index contributed by atoms with van der Waals surface area (Å²) in [5.41, 5.74) is 1.95. The Hall–Kier alpha value is -2.04. The van der Waals surface area contributed by atoms with E-state index in [-0.39, 0.29) is 5.91 Å². The predicted octanol–water partition coefficient (Wildman–Crippen LogP) is 2.92. The topological polar surface area (TPSA) is 47.9 Å². The molecule has 0 aromatic heterocycles. The Morgan fingerprint density at radius 3 is 2.46 bits per heavy atom. The number of guanidine groups is 1. The highest BCUT2D eigenvalue weighted by Gasteiger charge is 2.43. The fraction of sp³-hybridized carbons (Fsp3) is 0.652. The molecule has 5 heteroatoms. The molecule has 0 unspecified atom stereocenters. The first-order chi connectivity index (χ1) is 13.7. The number of nitrogens with zero attached hydrogens (tertiary/aromatic N) is 3. The van der Waals surface area contributed by atoms with Crippen LogP contribution in [0, 0.1) is 11.3 Å². The maximum absolute atomic E-state index is 12.7. The third-order valence-corrected chi connectivity index (χ3v) is 7.10. The normalized spacial score (nSPS) is 22.4. The summed E-state index contributed by atoms with van der Waals surface area (Å²) >= 11 is 0. The van der Waals surface area contributed by atoms with Crippen LogP contribution < -0.4 is 5.32 Å². The van der Waals surface area contributed by atoms with Crippen LogP contribution in [0.3, 0.4) is 0 Å². The number of amides is 1. The Morgan fingerprint density at radius 1 is 1.11 bits per heavy atom. The van der Waals surface area contributed by atoms with Crippen molar-refractivity contribution in [2.24, 2.45) is 16.3 Å². The van der Waals surface area contributed by atoms with Crippen LogP contribution in [0.4, 0.5) is 0 Å². The second kappa shape index (κ2) is 8.54. The van der Waals surface area contributed by atoms with E-state index in [4.69, 9.17) is 0 Å². The number of carbonyl (C=O) groups excluding carboxylic acids is 1. The van der Waals surface area contributed by atoms with Gasteiger partial charge in [0, 0.05) is 33.2 Å². The molecule has 5 nitrogen and oxygen atoms in total. The van der Waals surface area contributed by atoms with Crippen LogP contribution in [-0.4, -0.2) is 61.4 Å². The van der Waals surface area contributed by atoms with Crippen molar-refractivity contribution < 1.29 is 4.79 Å². The summed E-state index contributed by atoms with van der Waals surface area (Å²) in [6.45, 7) is 4.29. The molecule has 2 aliphatic heterocycles. The maximum atomic E-state index is 12.7. The minimum absolute atomic E-state index is 0.205. The summed E-state index contributed by atoms with van der Waals surface area (Å²) in [6.07, 6.45) is 8.70. The van der Waals surface area contributed by atoms with Crippen LogP contribution in [0.1, 0.15) is 44.1 Å². The van der Waals surface area contributed by atoms with E-state index in [2.05, 4.69) is 45.5 Å². The van der Waals surface area contributed by atoms with Crippen molar-refractivity contribution >= 4 is 11.9 Å². The van der Waals surface area contributed by atoms with Crippen LogP contribution in [0.2, 0.25) is 0 Å². The van der Waals surface area contributed by atoms with Gasteiger partial charge < -0.3 is 15.1 Å². The molecule has 28 heavy (non-hydrogen) atoms. The van der Waals surface area contributed by atoms with Crippen molar-refractivity contribution in [3.63, 3.8) is 0 Å². The molecule has 1 aromatic carbocycles. The molecule has 1 N–H and O–H groups in total. The second-order valence-electron chi connectivity index (χ2n) is 8.94. The number of rotatable bonds is 4. The zero-order valence-electron chi connectivity index (χ0n) is 17.2. The van der Waals surface area contributed by atoms with E-state index in [1.807, 2.05) is 11.9 Å². The molecule has 0 radical (unpaired) electrons. The van der Waals surface area contributed by atoms with Gasteiger partial charge in [0.2, 0.25) is 5.91 Å². The number of piperidine rings is 1. The van der Waals surface area contributed by atoms with Gasteiger partial charge in [-0.2, -0.15) is 0 Å². The number of likely N-dealkylation sites (tertiary alicyclic amines) is 2. The average Bonchev–Trinajstić information content (AvgIpc) is 3.16. The zero-order chi connectivity index (χ0) is 19.4. The van der Waals surface area contributed by atoms with Gasteiger partial charge in [-0.15, -0.1) is 0 Å². The van der Waals surface area contributed by atoms with Gasteiger partial charge in [0.15, 0.2) is 5.96 Å². The Labute approximate surface area is 169 Å².